The molecule has 0 saturated carbocycles. The third-order valence-electron chi connectivity index (χ3n) is 4.39. The molecular weight excluding hydrogens is 250 g/mol. The van der Waals surface area contributed by atoms with E-state index in [1.165, 1.54) is 25.8 Å². The Hall–Kier alpha value is -0.260. The molecule has 2 fully saturated rings. The smallest absolute Gasteiger partial charge is 0.261 e. The fourth-order valence-corrected chi connectivity index (χ4v) is 3.33. The average Bonchev–Trinajstić information content (AvgIpc) is 2.42. The van der Waals surface area contributed by atoms with Gasteiger partial charge in [-0.3, -0.25) is 9.80 Å². The van der Waals surface area contributed by atoms with Gasteiger partial charge in [0.2, 0.25) is 0 Å². The van der Waals surface area contributed by atoms with Gasteiger partial charge >= 0.3 is 0 Å². The van der Waals surface area contributed by atoms with E-state index in [1.807, 2.05) is 0 Å². The Morgan fingerprint density at radius 1 is 1.26 bits per heavy atom. The van der Waals surface area contributed by atoms with Crippen molar-refractivity contribution in [3.63, 3.8) is 0 Å². The summed E-state index contributed by atoms with van der Waals surface area (Å²) in [6.07, 6.45) is 2.71. The Morgan fingerprint density at radius 2 is 2.11 bits per heavy atom. The van der Waals surface area contributed by atoms with Crippen LogP contribution in [0.2, 0.25) is 0 Å². The second kappa shape index (κ2) is 7.50. The highest BCUT2D eigenvalue weighted by atomic mass is 19.3. The van der Waals surface area contributed by atoms with Gasteiger partial charge in [-0.05, 0) is 25.8 Å². The number of halogens is 2. The number of ether oxygens (including phenoxy) is 1. The first-order valence-electron chi connectivity index (χ1n) is 7.54. The minimum Gasteiger partial charge on any atom is -0.374 e. The average molecular weight is 276 g/mol. The number of hydrogen-bond acceptors (Lipinski definition) is 3. The van der Waals surface area contributed by atoms with Gasteiger partial charge in [-0.2, -0.15) is 0 Å². The molecule has 2 unspecified atom stereocenters. The number of hydrogen-bond donors (Lipinski definition) is 0. The van der Waals surface area contributed by atoms with Crippen LogP contribution in [0.3, 0.4) is 0 Å². The summed E-state index contributed by atoms with van der Waals surface area (Å²) in [7, 11) is 0. The van der Waals surface area contributed by atoms with Crippen LogP contribution >= 0.6 is 0 Å². The van der Waals surface area contributed by atoms with E-state index < -0.39 is 13.0 Å². The van der Waals surface area contributed by atoms with Crippen molar-refractivity contribution in [2.75, 3.05) is 39.4 Å². The van der Waals surface area contributed by atoms with E-state index in [0.717, 1.165) is 26.1 Å². The van der Waals surface area contributed by atoms with E-state index in [-0.39, 0.29) is 0 Å². The summed E-state index contributed by atoms with van der Waals surface area (Å²) in [5.41, 5.74) is 0. The Kier molecular flexibility index (Phi) is 5.98. The Bertz CT molecular complexity index is 266. The monoisotopic (exact) mass is 276 g/mol. The van der Waals surface area contributed by atoms with Crippen molar-refractivity contribution in [1.29, 1.82) is 0 Å². The molecule has 2 heterocycles. The van der Waals surface area contributed by atoms with Crippen LogP contribution in [-0.2, 0) is 4.74 Å². The molecule has 0 N–H and O–H groups in total. The molecule has 112 valence electrons. The zero-order valence-electron chi connectivity index (χ0n) is 11.9. The summed E-state index contributed by atoms with van der Waals surface area (Å²) in [5, 5.41) is 0. The lowest BCUT2D eigenvalue weighted by molar-refractivity contribution is -0.0243. The van der Waals surface area contributed by atoms with Gasteiger partial charge in [0.25, 0.3) is 6.43 Å². The minimum absolute atomic E-state index is 0.424. The van der Waals surface area contributed by atoms with Crippen LogP contribution in [0, 0.1) is 0 Å². The fourth-order valence-electron chi connectivity index (χ4n) is 3.33. The number of piperidine rings is 1. The largest absolute Gasteiger partial charge is 0.374 e. The molecule has 0 aliphatic carbocycles. The molecule has 0 radical (unpaired) electrons. The maximum absolute atomic E-state index is 12.0. The van der Waals surface area contributed by atoms with E-state index in [4.69, 9.17) is 4.74 Å². The first-order chi connectivity index (χ1) is 9.20. The summed E-state index contributed by atoms with van der Waals surface area (Å²) in [5.74, 6) is 0. The van der Waals surface area contributed by atoms with Crippen molar-refractivity contribution in [2.24, 2.45) is 0 Å². The number of fused-ring (bicyclic) bond motifs is 1. The van der Waals surface area contributed by atoms with E-state index >= 15 is 0 Å². The molecule has 0 bridgehead atoms. The highest BCUT2D eigenvalue weighted by molar-refractivity contribution is 4.90. The van der Waals surface area contributed by atoms with Crippen LogP contribution < -0.4 is 0 Å². The van der Waals surface area contributed by atoms with Crippen LogP contribution in [0.4, 0.5) is 8.78 Å². The SMILES string of the molecule is CCC1CN2CCCCC2CN1CCOCC(F)F. The highest BCUT2D eigenvalue weighted by Gasteiger charge is 2.33. The van der Waals surface area contributed by atoms with Crippen LogP contribution in [-0.4, -0.2) is 67.7 Å². The van der Waals surface area contributed by atoms with Crippen molar-refractivity contribution in [3.8, 4) is 0 Å². The van der Waals surface area contributed by atoms with Gasteiger partial charge in [0.15, 0.2) is 0 Å². The minimum atomic E-state index is -2.35. The second-order valence-electron chi connectivity index (χ2n) is 5.67. The number of rotatable bonds is 6. The standard InChI is InChI=1S/C14H26F2N2O/c1-2-12-9-17-6-4-3-5-13(17)10-18(12)7-8-19-11-14(15)16/h12-14H,2-11H2,1H3. The van der Waals surface area contributed by atoms with Crippen molar-refractivity contribution < 1.29 is 13.5 Å². The van der Waals surface area contributed by atoms with E-state index in [9.17, 15) is 8.78 Å². The maximum Gasteiger partial charge on any atom is 0.261 e. The molecule has 0 amide bonds. The van der Waals surface area contributed by atoms with Gasteiger partial charge < -0.3 is 4.74 Å². The Labute approximate surface area is 114 Å². The first kappa shape index (κ1) is 15.1. The lowest BCUT2D eigenvalue weighted by Crippen LogP contribution is -2.59. The predicted molar refractivity (Wildman–Crippen MR) is 71.7 cm³/mol. The van der Waals surface area contributed by atoms with Gasteiger partial charge in [-0.1, -0.05) is 13.3 Å². The topological polar surface area (TPSA) is 15.7 Å². The summed E-state index contributed by atoms with van der Waals surface area (Å²) >= 11 is 0. The van der Waals surface area contributed by atoms with Crippen LogP contribution in [0.25, 0.3) is 0 Å². The molecule has 2 atom stereocenters. The molecule has 0 aromatic carbocycles. The molecule has 2 aliphatic rings. The summed E-state index contributed by atoms with van der Waals surface area (Å²) < 4.78 is 29.1. The Balaban J connectivity index is 1.77. The molecule has 5 heteroatoms. The molecule has 2 saturated heterocycles. The van der Waals surface area contributed by atoms with Gasteiger partial charge in [0.1, 0.15) is 6.61 Å². The number of alkyl halides is 2. The Morgan fingerprint density at radius 3 is 2.84 bits per heavy atom. The summed E-state index contributed by atoms with van der Waals surface area (Å²) in [4.78, 5) is 5.06. The maximum atomic E-state index is 12.0. The summed E-state index contributed by atoms with van der Waals surface area (Å²) in [6.45, 7) is 6.44. The first-order valence-corrected chi connectivity index (χ1v) is 7.54. The molecule has 0 spiro atoms. The van der Waals surface area contributed by atoms with Crippen LogP contribution in [0.5, 0.6) is 0 Å². The third-order valence-corrected chi connectivity index (χ3v) is 4.39. The van der Waals surface area contributed by atoms with Crippen molar-refractivity contribution in [3.05, 3.63) is 0 Å². The molecule has 3 nitrogen and oxygen atoms in total. The van der Waals surface area contributed by atoms with Crippen molar-refractivity contribution >= 4 is 0 Å². The second-order valence-corrected chi connectivity index (χ2v) is 5.67. The molecule has 2 rings (SSSR count). The van der Waals surface area contributed by atoms with Gasteiger partial charge in [-0.25, -0.2) is 8.78 Å². The highest BCUT2D eigenvalue weighted by Crippen LogP contribution is 2.24. The normalized spacial score (nSPS) is 29.7. The molecule has 0 aromatic rings. The quantitative estimate of drug-likeness (QED) is 0.692. The van der Waals surface area contributed by atoms with Crippen molar-refractivity contribution in [1.82, 2.24) is 9.80 Å². The third kappa shape index (κ3) is 4.36. The zero-order valence-corrected chi connectivity index (χ0v) is 11.9. The lowest BCUT2D eigenvalue weighted by Gasteiger charge is -2.48. The predicted octanol–water partition coefficient (Wildman–Crippen LogP) is 2.22. The van der Waals surface area contributed by atoms with E-state index in [1.54, 1.807) is 0 Å². The molecule has 0 aromatic heterocycles. The molecule has 2 aliphatic heterocycles. The van der Waals surface area contributed by atoms with E-state index in [2.05, 4.69) is 16.7 Å². The summed E-state index contributed by atoms with van der Waals surface area (Å²) in [6, 6.07) is 1.23. The van der Waals surface area contributed by atoms with Crippen molar-refractivity contribution in [2.45, 2.75) is 51.1 Å². The zero-order chi connectivity index (χ0) is 13.7. The molecule has 19 heavy (non-hydrogen) atoms. The van der Waals surface area contributed by atoms with Gasteiger partial charge in [0.05, 0.1) is 6.61 Å². The van der Waals surface area contributed by atoms with Gasteiger partial charge in [0, 0.05) is 31.7 Å². The van der Waals surface area contributed by atoms with Crippen LogP contribution in [0.1, 0.15) is 32.6 Å². The lowest BCUT2D eigenvalue weighted by atomic mass is 9.96. The van der Waals surface area contributed by atoms with E-state index in [0.29, 0.717) is 18.7 Å². The fraction of sp³-hybridized carbons (Fsp3) is 1.00. The molecular formula is C14H26F2N2O. The van der Waals surface area contributed by atoms with Crippen LogP contribution in [0.15, 0.2) is 0 Å². The number of piperazine rings is 1. The van der Waals surface area contributed by atoms with Gasteiger partial charge in [-0.15, -0.1) is 0 Å². The number of nitrogens with zero attached hydrogens (tertiary/aromatic N) is 2.